The van der Waals surface area contributed by atoms with Gasteiger partial charge in [-0.05, 0) is 43.5 Å². The molecule has 1 aliphatic rings. The molecular formula is C18H19N3O2. The van der Waals surface area contributed by atoms with Gasteiger partial charge in [0, 0.05) is 18.4 Å². The van der Waals surface area contributed by atoms with Crippen LogP contribution in [-0.4, -0.2) is 28.3 Å². The summed E-state index contributed by atoms with van der Waals surface area (Å²) in [4.78, 5) is 9.33. The molecule has 3 heterocycles. The standard InChI is InChI=1S/C18H19N3O2/c1-22-14-7-4-6-13(12-14)17-20-15-8-5-10-19-18(15)21(17)16-9-2-3-11-23-16/h4-8,10,12,16H,2-3,9,11H2,1H3. The molecule has 23 heavy (non-hydrogen) atoms. The normalized spacial score (nSPS) is 18.2. The number of aromatic nitrogens is 3. The van der Waals surface area contributed by atoms with Gasteiger partial charge >= 0.3 is 0 Å². The molecule has 5 nitrogen and oxygen atoms in total. The number of benzene rings is 1. The van der Waals surface area contributed by atoms with E-state index < -0.39 is 0 Å². The molecule has 5 heteroatoms. The highest BCUT2D eigenvalue weighted by molar-refractivity contribution is 5.77. The van der Waals surface area contributed by atoms with Gasteiger partial charge < -0.3 is 9.47 Å². The maximum atomic E-state index is 6.00. The second-order valence-electron chi connectivity index (χ2n) is 5.70. The van der Waals surface area contributed by atoms with Gasteiger partial charge in [0.2, 0.25) is 0 Å². The molecular weight excluding hydrogens is 290 g/mol. The summed E-state index contributed by atoms with van der Waals surface area (Å²) in [5.41, 5.74) is 2.77. The average Bonchev–Trinajstić information content (AvgIpc) is 3.02. The first-order chi connectivity index (χ1) is 11.4. The van der Waals surface area contributed by atoms with E-state index >= 15 is 0 Å². The first-order valence-electron chi connectivity index (χ1n) is 7.96. The van der Waals surface area contributed by atoms with Crippen molar-refractivity contribution in [3.8, 4) is 17.1 Å². The quantitative estimate of drug-likeness (QED) is 0.738. The van der Waals surface area contributed by atoms with Gasteiger partial charge in [-0.3, -0.25) is 4.57 Å². The lowest BCUT2D eigenvalue weighted by atomic mass is 10.1. The lowest BCUT2D eigenvalue weighted by Gasteiger charge is -2.25. The summed E-state index contributed by atoms with van der Waals surface area (Å²) in [6.07, 6.45) is 5.06. The first kappa shape index (κ1) is 14.2. The van der Waals surface area contributed by atoms with Gasteiger partial charge in [-0.1, -0.05) is 12.1 Å². The molecule has 2 aromatic heterocycles. The summed E-state index contributed by atoms with van der Waals surface area (Å²) >= 11 is 0. The van der Waals surface area contributed by atoms with E-state index in [9.17, 15) is 0 Å². The van der Waals surface area contributed by atoms with Gasteiger partial charge in [-0.25, -0.2) is 9.97 Å². The topological polar surface area (TPSA) is 49.2 Å². The van der Waals surface area contributed by atoms with Crippen LogP contribution in [0.25, 0.3) is 22.6 Å². The van der Waals surface area contributed by atoms with E-state index in [0.717, 1.165) is 54.2 Å². The van der Waals surface area contributed by atoms with Gasteiger partial charge in [-0.2, -0.15) is 0 Å². The van der Waals surface area contributed by atoms with Crippen LogP contribution in [0.1, 0.15) is 25.5 Å². The van der Waals surface area contributed by atoms with Crippen LogP contribution in [-0.2, 0) is 4.74 Å². The SMILES string of the molecule is COc1cccc(-c2nc3cccnc3n2C2CCCCO2)c1. The summed E-state index contributed by atoms with van der Waals surface area (Å²) < 4.78 is 13.5. The zero-order valence-corrected chi connectivity index (χ0v) is 13.1. The highest BCUT2D eigenvalue weighted by Gasteiger charge is 2.23. The predicted molar refractivity (Wildman–Crippen MR) is 88.4 cm³/mol. The fourth-order valence-corrected chi connectivity index (χ4v) is 3.10. The Kier molecular flexibility index (Phi) is 3.71. The minimum atomic E-state index is -0.00940. The highest BCUT2D eigenvalue weighted by Crippen LogP contribution is 2.33. The van der Waals surface area contributed by atoms with E-state index in [-0.39, 0.29) is 6.23 Å². The van der Waals surface area contributed by atoms with Crippen LogP contribution in [0.5, 0.6) is 5.75 Å². The minimum absolute atomic E-state index is 0.00940. The van der Waals surface area contributed by atoms with Crippen molar-refractivity contribution >= 4 is 11.2 Å². The lowest BCUT2D eigenvalue weighted by Crippen LogP contribution is -2.19. The molecule has 1 saturated heterocycles. The fraction of sp³-hybridized carbons (Fsp3) is 0.333. The second kappa shape index (κ2) is 6.01. The molecule has 1 unspecified atom stereocenters. The summed E-state index contributed by atoms with van der Waals surface area (Å²) in [6.45, 7) is 0.786. The molecule has 0 saturated carbocycles. The van der Waals surface area contributed by atoms with Gasteiger partial charge in [0.1, 0.15) is 23.3 Å². The number of hydrogen-bond acceptors (Lipinski definition) is 4. The van der Waals surface area contributed by atoms with Gasteiger partial charge in [0.25, 0.3) is 0 Å². The molecule has 0 bridgehead atoms. The maximum absolute atomic E-state index is 6.00. The van der Waals surface area contributed by atoms with Gasteiger partial charge in [0.05, 0.1) is 7.11 Å². The van der Waals surface area contributed by atoms with E-state index in [1.54, 1.807) is 13.3 Å². The summed E-state index contributed by atoms with van der Waals surface area (Å²) in [5, 5.41) is 0. The third-order valence-corrected chi connectivity index (χ3v) is 4.22. The van der Waals surface area contributed by atoms with E-state index in [1.165, 1.54) is 0 Å². The Morgan fingerprint density at radius 1 is 1.22 bits per heavy atom. The highest BCUT2D eigenvalue weighted by atomic mass is 16.5. The Morgan fingerprint density at radius 3 is 3.00 bits per heavy atom. The Balaban J connectivity index is 1.90. The van der Waals surface area contributed by atoms with Crippen LogP contribution in [0, 0.1) is 0 Å². The first-order valence-corrected chi connectivity index (χ1v) is 7.96. The number of nitrogens with zero attached hydrogens (tertiary/aromatic N) is 3. The molecule has 1 fully saturated rings. The van der Waals surface area contributed by atoms with Crippen LogP contribution < -0.4 is 4.74 Å². The number of rotatable bonds is 3. The maximum Gasteiger partial charge on any atom is 0.162 e. The molecule has 0 spiro atoms. The van der Waals surface area contributed by atoms with E-state index in [0.29, 0.717) is 0 Å². The fourth-order valence-electron chi connectivity index (χ4n) is 3.10. The van der Waals surface area contributed by atoms with Crippen molar-refractivity contribution in [2.24, 2.45) is 0 Å². The van der Waals surface area contributed by atoms with Gasteiger partial charge in [-0.15, -0.1) is 0 Å². The molecule has 0 amide bonds. The van der Waals surface area contributed by atoms with Crippen LogP contribution in [0.15, 0.2) is 42.6 Å². The van der Waals surface area contributed by atoms with E-state index in [2.05, 4.69) is 9.55 Å². The Bertz CT molecular complexity index is 822. The second-order valence-corrected chi connectivity index (χ2v) is 5.70. The molecule has 1 aromatic carbocycles. The van der Waals surface area contributed by atoms with E-state index in [4.69, 9.17) is 14.5 Å². The summed E-state index contributed by atoms with van der Waals surface area (Å²) in [5.74, 6) is 1.70. The van der Waals surface area contributed by atoms with Crippen molar-refractivity contribution in [3.05, 3.63) is 42.6 Å². The number of fused-ring (bicyclic) bond motifs is 1. The molecule has 0 N–H and O–H groups in total. The Labute approximate surface area is 134 Å². The number of pyridine rings is 1. The predicted octanol–water partition coefficient (Wildman–Crippen LogP) is 3.81. The minimum Gasteiger partial charge on any atom is -0.497 e. The number of methoxy groups -OCH3 is 1. The zero-order valence-electron chi connectivity index (χ0n) is 13.1. The third-order valence-electron chi connectivity index (χ3n) is 4.22. The van der Waals surface area contributed by atoms with Gasteiger partial charge in [0.15, 0.2) is 5.65 Å². The van der Waals surface area contributed by atoms with Crippen molar-refractivity contribution in [2.75, 3.05) is 13.7 Å². The van der Waals surface area contributed by atoms with Crippen LogP contribution in [0.4, 0.5) is 0 Å². The van der Waals surface area contributed by atoms with Crippen LogP contribution >= 0.6 is 0 Å². The number of imidazole rings is 1. The third kappa shape index (κ3) is 2.57. The lowest BCUT2D eigenvalue weighted by molar-refractivity contribution is -0.0287. The number of ether oxygens (including phenoxy) is 2. The van der Waals surface area contributed by atoms with Crippen molar-refractivity contribution < 1.29 is 9.47 Å². The van der Waals surface area contributed by atoms with Crippen molar-refractivity contribution in [2.45, 2.75) is 25.5 Å². The summed E-state index contributed by atoms with van der Waals surface area (Å²) in [6, 6.07) is 11.9. The zero-order chi connectivity index (χ0) is 15.6. The molecule has 0 radical (unpaired) electrons. The van der Waals surface area contributed by atoms with Crippen molar-refractivity contribution in [3.63, 3.8) is 0 Å². The van der Waals surface area contributed by atoms with E-state index in [1.807, 2.05) is 36.4 Å². The van der Waals surface area contributed by atoms with Crippen molar-refractivity contribution in [1.82, 2.24) is 14.5 Å². The van der Waals surface area contributed by atoms with Crippen molar-refractivity contribution in [1.29, 1.82) is 0 Å². The molecule has 0 aliphatic carbocycles. The molecule has 1 atom stereocenters. The average molecular weight is 309 g/mol. The Hall–Kier alpha value is -2.40. The molecule has 4 rings (SSSR count). The van der Waals surface area contributed by atoms with Crippen LogP contribution in [0.2, 0.25) is 0 Å². The summed E-state index contributed by atoms with van der Waals surface area (Å²) in [7, 11) is 1.67. The smallest absolute Gasteiger partial charge is 0.162 e. The monoisotopic (exact) mass is 309 g/mol. The number of hydrogen-bond donors (Lipinski definition) is 0. The largest absolute Gasteiger partial charge is 0.497 e. The Morgan fingerprint density at radius 2 is 2.17 bits per heavy atom. The molecule has 3 aromatic rings. The van der Waals surface area contributed by atoms with Crippen LogP contribution in [0.3, 0.4) is 0 Å². The molecule has 1 aliphatic heterocycles. The molecule has 118 valence electrons.